The van der Waals surface area contributed by atoms with Gasteiger partial charge in [-0.1, -0.05) is 12.1 Å². The Hall–Kier alpha value is -1.75. The third kappa shape index (κ3) is 3.63. The van der Waals surface area contributed by atoms with Crippen LogP contribution in [0.3, 0.4) is 0 Å². The summed E-state index contributed by atoms with van der Waals surface area (Å²) in [4.78, 5) is 8.20. The lowest BCUT2D eigenvalue weighted by Gasteiger charge is -2.03. The number of anilines is 2. The Morgan fingerprint density at radius 1 is 1.00 bits per heavy atom. The van der Waals surface area contributed by atoms with Gasteiger partial charge in [0.1, 0.15) is 5.03 Å². The van der Waals surface area contributed by atoms with E-state index < -0.39 is 0 Å². The van der Waals surface area contributed by atoms with Crippen molar-refractivity contribution in [2.75, 3.05) is 17.2 Å². The lowest BCUT2D eigenvalue weighted by atomic mass is 10.1. The van der Waals surface area contributed by atoms with Crippen LogP contribution in [-0.4, -0.2) is 15.7 Å². The number of aryl methyl sites for hydroxylation is 1. The van der Waals surface area contributed by atoms with Crippen molar-refractivity contribution >= 4 is 23.3 Å². The predicted octanol–water partition coefficient (Wildman–Crippen LogP) is 2.37. The normalized spacial score (nSPS) is 10.4. The van der Waals surface area contributed by atoms with E-state index in [9.17, 15) is 0 Å². The molecule has 0 saturated heterocycles. The number of benzene rings is 1. The summed E-state index contributed by atoms with van der Waals surface area (Å²) in [6.07, 6.45) is 5.38. The molecule has 0 radical (unpaired) electrons. The average Bonchev–Trinajstić information content (AvgIpc) is 2.39. The molecule has 2 aromatic rings. The number of nitrogen functional groups attached to an aromatic ring is 2. The molecule has 4 nitrogen and oxygen atoms in total. The Balaban J connectivity index is 1.76. The lowest BCUT2D eigenvalue weighted by molar-refractivity contribution is 0.930. The van der Waals surface area contributed by atoms with Crippen molar-refractivity contribution in [1.82, 2.24) is 9.97 Å². The maximum Gasteiger partial charge on any atom is 0.156 e. The first-order chi connectivity index (χ1) is 8.75. The maximum absolute atomic E-state index is 5.72. The Labute approximate surface area is 111 Å². The highest BCUT2D eigenvalue weighted by Crippen LogP contribution is 2.21. The maximum atomic E-state index is 5.72. The average molecular weight is 260 g/mol. The molecule has 0 unspecified atom stereocenters. The van der Waals surface area contributed by atoms with Crippen LogP contribution in [0.4, 0.5) is 11.5 Å². The SMILES string of the molecule is Nc1ccc(CCCSc2nccnc2N)cc1. The second-order valence-electron chi connectivity index (χ2n) is 3.94. The summed E-state index contributed by atoms with van der Waals surface area (Å²) in [7, 11) is 0. The summed E-state index contributed by atoms with van der Waals surface area (Å²) in [6, 6.07) is 8.00. The highest BCUT2D eigenvalue weighted by atomic mass is 32.2. The molecule has 0 saturated carbocycles. The largest absolute Gasteiger partial charge is 0.399 e. The van der Waals surface area contributed by atoms with Crippen molar-refractivity contribution in [2.24, 2.45) is 0 Å². The summed E-state index contributed by atoms with van der Waals surface area (Å²) in [5.41, 5.74) is 13.5. The van der Waals surface area contributed by atoms with Gasteiger partial charge in [0, 0.05) is 18.1 Å². The fourth-order valence-electron chi connectivity index (χ4n) is 1.58. The monoisotopic (exact) mass is 260 g/mol. The van der Waals surface area contributed by atoms with Crippen LogP contribution in [0.25, 0.3) is 0 Å². The van der Waals surface area contributed by atoms with Gasteiger partial charge in [-0.15, -0.1) is 11.8 Å². The molecule has 0 aliphatic rings. The summed E-state index contributed by atoms with van der Waals surface area (Å²) < 4.78 is 0. The van der Waals surface area contributed by atoms with Crippen LogP contribution in [0.2, 0.25) is 0 Å². The van der Waals surface area contributed by atoms with E-state index in [-0.39, 0.29) is 0 Å². The molecule has 0 atom stereocenters. The minimum atomic E-state index is 0.509. The summed E-state index contributed by atoms with van der Waals surface area (Å²) in [6.45, 7) is 0. The van der Waals surface area contributed by atoms with E-state index >= 15 is 0 Å². The number of nitrogens with two attached hydrogens (primary N) is 2. The van der Waals surface area contributed by atoms with E-state index in [0.717, 1.165) is 29.3 Å². The van der Waals surface area contributed by atoms with Gasteiger partial charge in [-0.05, 0) is 36.3 Å². The molecular weight excluding hydrogens is 244 g/mol. The van der Waals surface area contributed by atoms with Crippen LogP contribution in [0, 0.1) is 0 Å². The van der Waals surface area contributed by atoms with Crippen molar-refractivity contribution in [3.8, 4) is 0 Å². The number of rotatable bonds is 5. The fraction of sp³-hybridized carbons (Fsp3) is 0.231. The van der Waals surface area contributed by atoms with Gasteiger partial charge in [0.25, 0.3) is 0 Å². The summed E-state index contributed by atoms with van der Waals surface area (Å²) in [5, 5.41) is 0.815. The molecule has 0 spiro atoms. The first-order valence-electron chi connectivity index (χ1n) is 5.79. The molecule has 0 fully saturated rings. The topological polar surface area (TPSA) is 77.8 Å². The number of nitrogens with zero attached hydrogens (tertiary/aromatic N) is 2. The molecule has 0 bridgehead atoms. The molecule has 0 aliphatic carbocycles. The summed E-state index contributed by atoms with van der Waals surface area (Å²) >= 11 is 1.65. The number of hydrogen-bond acceptors (Lipinski definition) is 5. The van der Waals surface area contributed by atoms with Crippen molar-refractivity contribution in [1.29, 1.82) is 0 Å². The molecule has 18 heavy (non-hydrogen) atoms. The molecule has 5 heteroatoms. The van der Waals surface area contributed by atoms with Crippen LogP contribution in [-0.2, 0) is 6.42 Å². The highest BCUT2D eigenvalue weighted by Gasteiger charge is 2.01. The Morgan fingerprint density at radius 2 is 1.72 bits per heavy atom. The minimum absolute atomic E-state index is 0.509. The van der Waals surface area contributed by atoms with Crippen LogP contribution < -0.4 is 11.5 Å². The minimum Gasteiger partial charge on any atom is -0.399 e. The van der Waals surface area contributed by atoms with Gasteiger partial charge in [-0.2, -0.15) is 0 Å². The van der Waals surface area contributed by atoms with Crippen LogP contribution in [0.5, 0.6) is 0 Å². The Kier molecular flexibility index (Phi) is 4.41. The van der Waals surface area contributed by atoms with E-state index in [2.05, 4.69) is 22.1 Å². The zero-order valence-corrected chi connectivity index (χ0v) is 10.9. The molecule has 0 aliphatic heterocycles. The summed E-state index contributed by atoms with van der Waals surface area (Å²) in [5.74, 6) is 1.49. The van der Waals surface area contributed by atoms with Gasteiger partial charge in [-0.25, -0.2) is 9.97 Å². The van der Waals surface area contributed by atoms with Crippen LogP contribution in [0.15, 0.2) is 41.7 Å². The molecule has 2 rings (SSSR count). The number of thioether (sulfide) groups is 1. The van der Waals surface area contributed by atoms with Gasteiger partial charge < -0.3 is 11.5 Å². The van der Waals surface area contributed by atoms with E-state index in [1.54, 1.807) is 24.2 Å². The molecule has 1 aromatic heterocycles. The first kappa shape index (κ1) is 12.7. The smallest absolute Gasteiger partial charge is 0.156 e. The van der Waals surface area contributed by atoms with Crippen molar-refractivity contribution < 1.29 is 0 Å². The molecule has 94 valence electrons. The molecule has 1 heterocycles. The Morgan fingerprint density at radius 3 is 2.44 bits per heavy atom. The van der Waals surface area contributed by atoms with E-state index in [0.29, 0.717) is 5.82 Å². The predicted molar refractivity (Wildman–Crippen MR) is 76.3 cm³/mol. The quantitative estimate of drug-likeness (QED) is 0.490. The van der Waals surface area contributed by atoms with Crippen LogP contribution >= 0.6 is 11.8 Å². The molecule has 4 N–H and O–H groups in total. The van der Waals surface area contributed by atoms with Gasteiger partial charge in [0.05, 0.1) is 0 Å². The zero-order chi connectivity index (χ0) is 12.8. The van der Waals surface area contributed by atoms with Crippen LogP contribution in [0.1, 0.15) is 12.0 Å². The molecular formula is C13H16N4S. The molecule has 0 amide bonds. The van der Waals surface area contributed by atoms with E-state index in [4.69, 9.17) is 11.5 Å². The van der Waals surface area contributed by atoms with Crippen molar-refractivity contribution in [3.63, 3.8) is 0 Å². The fourth-order valence-corrected chi connectivity index (χ4v) is 2.39. The third-order valence-corrected chi connectivity index (χ3v) is 3.60. The van der Waals surface area contributed by atoms with Crippen molar-refractivity contribution in [2.45, 2.75) is 17.9 Å². The number of hydrogen-bond donors (Lipinski definition) is 2. The standard InChI is InChI=1S/C13H16N4S/c14-11-5-3-10(4-6-11)2-1-9-18-13-12(15)16-7-8-17-13/h3-8H,1-2,9,14H2,(H2,15,16). The highest BCUT2D eigenvalue weighted by molar-refractivity contribution is 7.99. The number of aromatic nitrogens is 2. The van der Waals surface area contributed by atoms with Gasteiger partial charge in [0.2, 0.25) is 0 Å². The van der Waals surface area contributed by atoms with E-state index in [1.807, 2.05) is 12.1 Å². The van der Waals surface area contributed by atoms with Gasteiger partial charge in [-0.3, -0.25) is 0 Å². The second kappa shape index (κ2) is 6.26. The van der Waals surface area contributed by atoms with Gasteiger partial charge in [0.15, 0.2) is 5.82 Å². The van der Waals surface area contributed by atoms with Gasteiger partial charge >= 0.3 is 0 Å². The first-order valence-corrected chi connectivity index (χ1v) is 6.78. The molecule has 1 aromatic carbocycles. The Bertz CT molecular complexity index is 499. The van der Waals surface area contributed by atoms with Crippen molar-refractivity contribution in [3.05, 3.63) is 42.2 Å². The zero-order valence-electron chi connectivity index (χ0n) is 10.0. The third-order valence-electron chi connectivity index (χ3n) is 2.52. The second-order valence-corrected chi connectivity index (χ2v) is 5.02. The lowest BCUT2D eigenvalue weighted by Crippen LogP contribution is -1.96. The van der Waals surface area contributed by atoms with E-state index in [1.165, 1.54) is 5.56 Å².